The van der Waals surface area contributed by atoms with E-state index in [0.717, 1.165) is 0 Å². The molecule has 4 rings (SSSR count). The average Bonchev–Trinajstić information content (AvgIpc) is 2.93. The molecule has 0 spiro atoms. The van der Waals surface area contributed by atoms with E-state index >= 15 is 0 Å². The second-order valence-corrected chi connectivity index (χ2v) is 7.69. The molecule has 104 valence electrons. The van der Waals surface area contributed by atoms with Crippen LogP contribution in [0.2, 0.25) is 0 Å². The summed E-state index contributed by atoms with van der Waals surface area (Å²) in [7, 11) is 0. The molecule has 3 aliphatic rings. The average molecular weight is 348 g/mol. The molecule has 0 radical (unpaired) electrons. The molecule has 1 fully saturated rings. The minimum Gasteiger partial charge on any atom is -0.312 e. The van der Waals surface area contributed by atoms with Crippen LogP contribution in [0.25, 0.3) is 0 Å². The fourth-order valence-corrected chi connectivity index (χ4v) is 5.74. The molecule has 1 nitrogen and oxygen atoms in total. The van der Waals surface area contributed by atoms with E-state index < -0.39 is 0 Å². The molecule has 5 unspecified atom stereocenters. The lowest BCUT2D eigenvalue weighted by Crippen LogP contribution is -2.31. The smallest absolute Gasteiger partial charge is 0.0512 e. The monoisotopic (exact) mass is 347 g/mol. The molecule has 1 heterocycles. The first-order valence-corrected chi connectivity index (χ1v) is 9.17. The number of halogens is 1. The summed E-state index contributed by atoms with van der Waals surface area (Å²) in [5.74, 6) is 2.68. The Hall–Kier alpha value is -0.670. The third-order valence-electron chi connectivity index (χ3n) is 5.20. The van der Waals surface area contributed by atoms with Gasteiger partial charge in [-0.05, 0) is 41.5 Å². The van der Waals surface area contributed by atoms with E-state index in [2.05, 4.69) is 75.9 Å². The van der Waals surface area contributed by atoms with Gasteiger partial charge in [-0.25, -0.2) is 0 Å². The second-order valence-electron chi connectivity index (χ2n) is 6.01. The standard InChI is InChI=1S/C17H18BrNS/c1-10-12-5-3-4-6-13(12)16-14-9-11(18)7-8-15(14)19(20-2)17(10)16/h3-10,12-13,16-17H,1-2H3. The Labute approximate surface area is 133 Å². The summed E-state index contributed by atoms with van der Waals surface area (Å²) >= 11 is 5.53. The molecule has 0 aromatic heterocycles. The van der Waals surface area contributed by atoms with E-state index in [-0.39, 0.29) is 0 Å². The van der Waals surface area contributed by atoms with Crippen LogP contribution in [0, 0.1) is 17.8 Å². The molecule has 2 aliphatic carbocycles. The van der Waals surface area contributed by atoms with Crippen molar-refractivity contribution in [3.63, 3.8) is 0 Å². The van der Waals surface area contributed by atoms with Crippen LogP contribution in [0.1, 0.15) is 18.4 Å². The van der Waals surface area contributed by atoms with E-state index in [1.807, 2.05) is 11.9 Å². The predicted molar refractivity (Wildman–Crippen MR) is 91.1 cm³/mol. The van der Waals surface area contributed by atoms with E-state index in [1.54, 1.807) is 0 Å². The fraction of sp³-hybridized carbons (Fsp3) is 0.412. The zero-order chi connectivity index (χ0) is 13.9. The molecule has 1 aromatic carbocycles. The molecular formula is C17H18BrNS. The SMILES string of the molecule is CSN1c2ccc(Br)cc2C2C3C=CC=CC3C(C)C21. The highest BCUT2D eigenvalue weighted by Gasteiger charge is 2.54. The van der Waals surface area contributed by atoms with Crippen LogP contribution in [-0.4, -0.2) is 12.3 Å². The molecular weight excluding hydrogens is 330 g/mol. The maximum absolute atomic E-state index is 3.65. The molecule has 1 aliphatic heterocycles. The first-order valence-electron chi connectivity index (χ1n) is 7.20. The summed E-state index contributed by atoms with van der Waals surface area (Å²) in [6.45, 7) is 2.43. The van der Waals surface area contributed by atoms with Crippen LogP contribution < -0.4 is 4.31 Å². The molecule has 5 atom stereocenters. The van der Waals surface area contributed by atoms with Crippen LogP contribution in [0.15, 0.2) is 47.0 Å². The van der Waals surface area contributed by atoms with Crippen LogP contribution in [0.4, 0.5) is 5.69 Å². The third kappa shape index (κ3) is 1.62. The zero-order valence-corrected chi connectivity index (χ0v) is 14.1. The van der Waals surface area contributed by atoms with Gasteiger partial charge in [0.15, 0.2) is 0 Å². The van der Waals surface area contributed by atoms with Gasteiger partial charge < -0.3 is 4.31 Å². The van der Waals surface area contributed by atoms with Crippen molar-refractivity contribution in [2.45, 2.75) is 18.9 Å². The Morgan fingerprint density at radius 3 is 2.65 bits per heavy atom. The molecule has 0 N–H and O–H groups in total. The van der Waals surface area contributed by atoms with Crippen molar-refractivity contribution in [3.8, 4) is 0 Å². The summed E-state index contributed by atoms with van der Waals surface area (Å²) in [6.07, 6.45) is 11.5. The van der Waals surface area contributed by atoms with Crippen molar-refractivity contribution in [1.29, 1.82) is 0 Å². The lowest BCUT2D eigenvalue weighted by Gasteiger charge is -2.29. The molecule has 1 saturated carbocycles. The van der Waals surface area contributed by atoms with E-state index in [0.29, 0.717) is 29.7 Å². The lowest BCUT2D eigenvalue weighted by molar-refractivity contribution is 0.430. The van der Waals surface area contributed by atoms with E-state index in [4.69, 9.17) is 0 Å². The minimum absolute atomic E-state index is 0.622. The molecule has 20 heavy (non-hydrogen) atoms. The summed E-state index contributed by atoms with van der Waals surface area (Å²) < 4.78 is 3.75. The van der Waals surface area contributed by atoms with Gasteiger partial charge in [0.2, 0.25) is 0 Å². The van der Waals surface area contributed by atoms with Gasteiger partial charge in [0.1, 0.15) is 0 Å². The van der Waals surface area contributed by atoms with Gasteiger partial charge in [0, 0.05) is 16.6 Å². The highest BCUT2D eigenvalue weighted by atomic mass is 79.9. The maximum Gasteiger partial charge on any atom is 0.0512 e. The Kier molecular flexibility index (Phi) is 3.04. The van der Waals surface area contributed by atoms with Crippen LogP contribution in [-0.2, 0) is 0 Å². The number of benzene rings is 1. The molecule has 1 aromatic rings. The predicted octanol–water partition coefficient (Wildman–Crippen LogP) is 5.01. The van der Waals surface area contributed by atoms with Crippen molar-refractivity contribution in [3.05, 3.63) is 52.5 Å². The summed E-state index contributed by atoms with van der Waals surface area (Å²) in [6, 6.07) is 7.40. The molecule has 0 bridgehead atoms. The summed E-state index contributed by atoms with van der Waals surface area (Å²) in [5, 5.41) is 0. The third-order valence-corrected chi connectivity index (χ3v) is 6.53. The van der Waals surface area contributed by atoms with Gasteiger partial charge in [0.05, 0.1) is 11.7 Å². The van der Waals surface area contributed by atoms with Crippen LogP contribution in [0.5, 0.6) is 0 Å². The van der Waals surface area contributed by atoms with E-state index in [9.17, 15) is 0 Å². The topological polar surface area (TPSA) is 3.24 Å². The largest absolute Gasteiger partial charge is 0.312 e. The van der Waals surface area contributed by atoms with Crippen molar-refractivity contribution in [1.82, 2.24) is 0 Å². The van der Waals surface area contributed by atoms with Gasteiger partial charge >= 0.3 is 0 Å². The molecule has 0 saturated heterocycles. The van der Waals surface area contributed by atoms with Gasteiger partial charge in [-0.3, -0.25) is 0 Å². The quantitative estimate of drug-likeness (QED) is 0.657. The first kappa shape index (κ1) is 13.0. The number of rotatable bonds is 1. The molecule has 3 heteroatoms. The van der Waals surface area contributed by atoms with Gasteiger partial charge in [0.25, 0.3) is 0 Å². The number of hydrogen-bond acceptors (Lipinski definition) is 2. The highest BCUT2D eigenvalue weighted by molar-refractivity contribution is 9.10. The normalized spacial score (nSPS) is 37.0. The van der Waals surface area contributed by atoms with Gasteiger partial charge in [-0.2, -0.15) is 0 Å². The van der Waals surface area contributed by atoms with Gasteiger partial charge in [-0.1, -0.05) is 59.1 Å². The fourth-order valence-electron chi connectivity index (χ4n) is 4.43. The highest BCUT2D eigenvalue weighted by Crippen LogP contribution is 2.59. The molecule has 0 amide bonds. The Morgan fingerprint density at radius 1 is 1.15 bits per heavy atom. The Bertz CT molecular complexity index is 609. The number of nitrogens with zero attached hydrogens (tertiary/aromatic N) is 1. The Morgan fingerprint density at radius 2 is 1.90 bits per heavy atom. The number of hydrogen-bond donors (Lipinski definition) is 0. The van der Waals surface area contributed by atoms with Gasteiger partial charge in [-0.15, -0.1) is 0 Å². The number of allylic oxidation sites excluding steroid dienone is 4. The summed E-state index contributed by atoms with van der Waals surface area (Å²) in [4.78, 5) is 0. The van der Waals surface area contributed by atoms with Crippen molar-refractivity contribution >= 4 is 33.6 Å². The van der Waals surface area contributed by atoms with Crippen molar-refractivity contribution in [2.24, 2.45) is 17.8 Å². The van der Waals surface area contributed by atoms with E-state index in [1.165, 1.54) is 15.7 Å². The Balaban J connectivity index is 1.88. The van der Waals surface area contributed by atoms with Crippen LogP contribution in [0.3, 0.4) is 0 Å². The van der Waals surface area contributed by atoms with Crippen LogP contribution >= 0.6 is 27.9 Å². The van der Waals surface area contributed by atoms with Crippen molar-refractivity contribution in [2.75, 3.05) is 10.6 Å². The number of anilines is 1. The maximum atomic E-state index is 3.65. The zero-order valence-electron chi connectivity index (χ0n) is 11.7. The van der Waals surface area contributed by atoms with Crippen molar-refractivity contribution < 1.29 is 0 Å². The summed E-state index contributed by atoms with van der Waals surface area (Å²) in [5.41, 5.74) is 2.95. The second kappa shape index (κ2) is 4.67. The first-order chi connectivity index (χ1) is 9.72. The lowest BCUT2D eigenvalue weighted by atomic mass is 9.82. The minimum atomic E-state index is 0.622. The number of fused-ring (bicyclic) bond motifs is 5.